The van der Waals surface area contributed by atoms with Crippen LogP contribution in [0, 0.1) is 6.92 Å². The van der Waals surface area contributed by atoms with Crippen LogP contribution in [0.15, 0.2) is 47.4 Å². The molecule has 0 heterocycles. The van der Waals surface area contributed by atoms with Crippen molar-refractivity contribution >= 4 is 33.2 Å². The highest BCUT2D eigenvalue weighted by Gasteiger charge is 2.30. The van der Waals surface area contributed by atoms with Crippen molar-refractivity contribution in [2.45, 2.75) is 11.8 Å². The molecule has 2 aromatic carbocycles. The van der Waals surface area contributed by atoms with E-state index in [4.69, 9.17) is 16.3 Å². The standard InChI is InChI=1S/C17H19ClN2O4S/c1-12-4-9-15(24-3)16(10-12)25(22,23)20(11-17(21)19-2)14-7-5-13(18)6-8-14/h4-10H,11H2,1-3H3,(H,19,21). The molecule has 2 aromatic rings. The van der Waals surface area contributed by atoms with E-state index in [2.05, 4.69) is 5.32 Å². The Bertz CT molecular complexity index is 867. The summed E-state index contributed by atoms with van der Waals surface area (Å²) in [5.41, 5.74) is 1.09. The summed E-state index contributed by atoms with van der Waals surface area (Å²) in [4.78, 5) is 11.9. The van der Waals surface area contributed by atoms with Crippen LogP contribution in [0.5, 0.6) is 5.75 Å². The minimum Gasteiger partial charge on any atom is -0.495 e. The number of likely N-dealkylation sites (N-methyl/N-ethyl adjacent to an activating group) is 1. The number of rotatable bonds is 6. The number of ether oxygens (including phenoxy) is 1. The van der Waals surface area contributed by atoms with E-state index < -0.39 is 15.9 Å². The highest BCUT2D eigenvalue weighted by Crippen LogP contribution is 2.31. The summed E-state index contributed by atoms with van der Waals surface area (Å²) in [5.74, 6) is -0.230. The lowest BCUT2D eigenvalue weighted by molar-refractivity contribution is -0.119. The first-order valence-corrected chi connectivity index (χ1v) is 9.25. The van der Waals surface area contributed by atoms with Crippen molar-refractivity contribution in [2.24, 2.45) is 0 Å². The summed E-state index contributed by atoms with van der Waals surface area (Å²) in [6.45, 7) is 1.42. The van der Waals surface area contributed by atoms with Crippen LogP contribution in [0.25, 0.3) is 0 Å². The average Bonchev–Trinajstić information content (AvgIpc) is 2.60. The van der Waals surface area contributed by atoms with Gasteiger partial charge in [0.2, 0.25) is 5.91 Å². The molecular formula is C17H19ClN2O4S. The summed E-state index contributed by atoms with van der Waals surface area (Å²) in [7, 11) is -1.19. The number of hydrogen-bond acceptors (Lipinski definition) is 4. The first-order valence-electron chi connectivity index (χ1n) is 7.43. The number of nitrogens with zero attached hydrogens (tertiary/aromatic N) is 1. The maximum absolute atomic E-state index is 13.2. The lowest BCUT2D eigenvalue weighted by atomic mass is 10.2. The van der Waals surface area contributed by atoms with Gasteiger partial charge in [0.25, 0.3) is 10.0 Å². The molecule has 0 aromatic heterocycles. The Morgan fingerprint density at radius 2 is 1.84 bits per heavy atom. The van der Waals surface area contributed by atoms with Gasteiger partial charge in [-0.3, -0.25) is 9.10 Å². The molecule has 0 atom stereocenters. The lowest BCUT2D eigenvalue weighted by Crippen LogP contribution is -2.39. The molecule has 2 rings (SSSR count). The quantitative estimate of drug-likeness (QED) is 0.833. The summed E-state index contributed by atoms with van der Waals surface area (Å²) >= 11 is 5.88. The lowest BCUT2D eigenvalue weighted by Gasteiger charge is -2.25. The van der Waals surface area contributed by atoms with E-state index in [1.54, 1.807) is 43.3 Å². The molecule has 0 unspecified atom stereocenters. The number of halogens is 1. The van der Waals surface area contributed by atoms with Gasteiger partial charge in [-0.2, -0.15) is 0 Å². The molecule has 0 spiro atoms. The summed E-state index contributed by atoms with van der Waals surface area (Å²) in [5, 5.41) is 2.90. The van der Waals surface area contributed by atoms with Crippen molar-refractivity contribution < 1.29 is 17.9 Å². The summed E-state index contributed by atoms with van der Waals surface area (Å²) < 4.78 is 32.7. The van der Waals surface area contributed by atoms with Crippen molar-refractivity contribution in [3.05, 3.63) is 53.1 Å². The maximum Gasteiger partial charge on any atom is 0.268 e. The number of carbonyl (C=O) groups excluding carboxylic acids is 1. The molecule has 0 aliphatic rings. The van der Waals surface area contributed by atoms with Crippen LogP contribution < -0.4 is 14.4 Å². The fourth-order valence-corrected chi connectivity index (χ4v) is 4.03. The molecular weight excluding hydrogens is 364 g/mol. The van der Waals surface area contributed by atoms with Crippen molar-refractivity contribution in [1.29, 1.82) is 0 Å². The first-order chi connectivity index (χ1) is 11.8. The van der Waals surface area contributed by atoms with Gasteiger partial charge < -0.3 is 10.1 Å². The fourth-order valence-electron chi connectivity index (χ4n) is 2.24. The van der Waals surface area contributed by atoms with Crippen molar-refractivity contribution in [1.82, 2.24) is 5.32 Å². The number of hydrogen-bond donors (Lipinski definition) is 1. The van der Waals surface area contributed by atoms with E-state index in [1.807, 2.05) is 0 Å². The van der Waals surface area contributed by atoms with E-state index in [0.717, 1.165) is 9.87 Å². The number of carbonyl (C=O) groups is 1. The monoisotopic (exact) mass is 382 g/mol. The number of methoxy groups -OCH3 is 1. The molecule has 0 aliphatic carbocycles. The third-order valence-corrected chi connectivity index (χ3v) is 5.61. The van der Waals surface area contributed by atoms with Gasteiger partial charge in [0.15, 0.2) is 0 Å². The molecule has 0 aliphatic heterocycles. The third-order valence-electron chi connectivity index (χ3n) is 3.57. The van der Waals surface area contributed by atoms with Crippen LogP contribution in [0.3, 0.4) is 0 Å². The van der Waals surface area contributed by atoms with Crippen LogP contribution in [-0.4, -0.2) is 35.0 Å². The van der Waals surface area contributed by atoms with Gasteiger partial charge in [-0.1, -0.05) is 17.7 Å². The molecule has 1 amide bonds. The minimum absolute atomic E-state index is 0.00569. The minimum atomic E-state index is -4.03. The predicted molar refractivity (Wildman–Crippen MR) is 97.8 cm³/mol. The Morgan fingerprint density at radius 3 is 2.40 bits per heavy atom. The van der Waals surface area contributed by atoms with E-state index in [9.17, 15) is 13.2 Å². The summed E-state index contributed by atoms with van der Waals surface area (Å²) in [6.07, 6.45) is 0. The molecule has 0 bridgehead atoms. The van der Waals surface area contributed by atoms with Crippen molar-refractivity contribution in [3.63, 3.8) is 0 Å². The molecule has 25 heavy (non-hydrogen) atoms. The number of benzene rings is 2. The fraction of sp³-hybridized carbons (Fsp3) is 0.235. The second kappa shape index (κ2) is 7.76. The van der Waals surface area contributed by atoms with E-state index in [-0.39, 0.29) is 17.2 Å². The second-order valence-corrected chi connectivity index (χ2v) is 7.58. The van der Waals surface area contributed by atoms with Crippen molar-refractivity contribution in [3.8, 4) is 5.75 Å². The molecule has 0 fully saturated rings. The molecule has 8 heteroatoms. The molecule has 0 saturated carbocycles. The molecule has 134 valence electrons. The van der Waals surface area contributed by atoms with Gasteiger partial charge in [-0.05, 0) is 48.9 Å². The van der Waals surface area contributed by atoms with Gasteiger partial charge in [0, 0.05) is 12.1 Å². The Kier molecular flexibility index (Phi) is 5.92. The van der Waals surface area contributed by atoms with Crippen LogP contribution in [0.2, 0.25) is 5.02 Å². The van der Waals surface area contributed by atoms with E-state index in [1.165, 1.54) is 20.2 Å². The molecule has 1 N–H and O–H groups in total. The smallest absolute Gasteiger partial charge is 0.268 e. The number of nitrogens with one attached hydrogen (secondary N) is 1. The molecule has 0 radical (unpaired) electrons. The third kappa shape index (κ3) is 4.24. The number of anilines is 1. The molecule has 6 nitrogen and oxygen atoms in total. The highest BCUT2D eigenvalue weighted by atomic mass is 35.5. The van der Waals surface area contributed by atoms with Gasteiger partial charge in [-0.25, -0.2) is 8.42 Å². The van der Waals surface area contributed by atoms with Crippen LogP contribution in [0.1, 0.15) is 5.56 Å². The number of aryl methyl sites for hydroxylation is 1. The maximum atomic E-state index is 13.2. The zero-order valence-electron chi connectivity index (χ0n) is 14.1. The summed E-state index contributed by atoms with van der Waals surface area (Å²) in [6, 6.07) is 11.1. The van der Waals surface area contributed by atoms with Gasteiger partial charge >= 0.3 is 0 Å². The van der Waals surface area contributed by atoms with Crippen LogP contribution in [0.4, 0.5) is 5.69 Å². The zero-order chi connectivity index (χ0) is 18.6. The predicted octanol–water partition coefficient (Wildman–Crippen LogP) is 2.60. The van der Waals surface area contributed by atoms with Gasteiger partial charge in [0.1, 0.15) is 17.2 Å². The van der Waals surface area contributed by atoms with Crippen LogP contribution >= 0.6 is 11.6 Å². The Morgan fingerprint density at radius 1 is 1.20 bits per heavy atom. The van der Waals surface area contributed by atoms with E-state index >= 15 is 0 Å². The number of sulfonamides is 1. The number of amides is 1. The van der Waals surface area contributed by atoms with Gasteiger partial charge in [-0.15, -0.1) is 0 Å². The SMILES string of the molecule is CNC(=O)CN(c1ccc(Cl)cc1)S(=O)(=O)c1cc(C)ccc1OC. The normalized spacial score (nSPS) is 11.0. The second-order valence-electron chi connectivity index (χ2n) is 5.32. The van der Waals surface area contributed by atoms with Crippen LogP contribution in [-0.2, 0) is 14.8 Å². The van der Waals surface area contributed by atoms with E-state index in [0.29, 0.717) is 10.7 Å². The Hall–Kier alpha value is -2.25. The molecule has 0 saturated heterocycles. The van der Waals surface area contributed by atoms with Crippen molar-refractivity contribution in [2.75, 3.05) is 25.0 Å². The first kappa shape index (κ1) is 19.1. The largest absolute Gasteiger partial charge is 0.495 e. The topological polar surface area (TPSA) is 75.7 Å². The zero-order valence-corrected chi connectivity index (χ0v) is 15.7. The van der Waals surface area contributed by atoms with Gasteiger partial charge in [0.05, 0.1) is 12.8 Å². The Balaban J connectivity index is 2.61. The average molecular weight is 383 g/mol. The Labute approximate surface area is 152 Å². The highest BCUT2D eigenvalue weighted by molar-refractivity contribution is 7.93.